The third kappa shape index (κ3) is 4.44. The number of hydrogen-bond donors (Lipinski definition) is 1. The predicted molar refractivity (Wildman–Crippen MR) is 68.0 cm³/mol. The smallest absolute Gasteiger partial charge is 0.289 e. The van der Waals surface area contributed by atoms with Gasteiger partial charge in [0.25, 0.3) is 5.91 Å². The highest BCUT2D eigenvalue weighted by molar-refractivity contribution is 6.03. The first-order chi connectivity index (χ1) is 9.19. The van der Waals surface area contributed by atoms with E-state index in [1.165, 1.54) is 12.4 Å². The van der Waals surface area contributed by atoms with E-state index in [-0.39, 0.29) is 0 Å². The lowest BCUT2D eigenvalue weighted by Gasteiger charge is -2.14. The van der Waals surface area contributed by atoms with Crippen LogP contribution in [0.5, 0.6) is 0 Å². The van der Waals surface area contributed by atoms with Gasteiger partial charge in [0.2, 0.25) is 6.29 Å². The number of hydrogen-bond acceptors (Lipinski definition) is 4. The van der Waals surface area contributed by atoms with Crippen molar-refractivity contribution >= 4 is 24.3 Å². The van der Waals surface area contributed by atoms with Crippen LogP contribution in [0.2, 0.25) is 0 Å². The molecule has 0 aromatic carbocycles. The molecule has 0 bridgehead atoms. The molecule has 95 valence electrons. The van der Waals surface area contributed by atoms with Crippen molar-refractivity contribution in [2.75, 3.05) is 6.54 Å². The highest BCUT2D eigenvalue weighted by atomic mass is 16.2. The lowest BCUT2D eigenvalue weighted by molar-refractivity contribution is -0.122. The van der Waals surface area contributed by atoms with Gasteiger partial charge in [-0.25, -0.2) is 4.79 Å². The molecule has 0 atom stereocenters. The Hall–Kier alpha value is -2.94. The van der Waals surface area contributed by atoms with Crippen LogP contribution in [0.25, 0.3) is 6.08 Å². The first-order valence-corrected chi connectivity index (χ1v) is 5.20. The second kappa shape index (κ2) is 7.40. The Labute approximate surface area is 110 Å². The van der Waals surface area contributed by atoms with Crippen LogP contribution in [-0.4, -0.2) is 34.7 Å². The van der Waals surface area contributed by atoms with Gasteiger partial charge in [0.15, 0.2) is 0 Å². The SMILES string of the molecule is C#CNC(=O)N(C[C]=O)C(=O)C=Cc1ccccn1. The van der Waals surface area contributed by atoms with Gasteiger partial charge in [-0.3, -0.25) is 24.8 Å². The van der Waals surface area contributed by atoms with E-state index in [4.69, 9.17) is 6.42 Å². The van der Waals surface area contributed by atoms with Gasteiger partial charge >= 0.3 is 6.03 Å². The summed E-state index contributed by atoms with van der Waals surface area (Å²) in [5.74, 6) is -0.693. The Morgan fingerprint density at radius 3 is 2.84 bits per heavy atom. The fourth-order valence-electron chi connectivity index (χ4n) is 1.16. The van der Waals surface area contributed by atoms with E-state index in [0.717, 1.165) is 6.08 Å². The summed E-state index contributed by atoms with van der Waals surface area (Å²) in [5, 5.41) is 1.98. The summed E-state index contributed by atoms with van der Waals surface area (Å²) in [6.07, 6.45) is 10.4. The molecule has 19 heavy (non-hydrogen) atoms. The summed E-state index contributed by atoms with van der Waals surface area (Å²) in [4.78, 5) is 38.1. The molecule has 6 nitrogen and oxygen atoms in total. The van der Waals surface area contributed by atoms with E-state index in [9.17, 15) is 14.4 Å². The number of imide groups is 1. The van der Waals surface area contributed by atoms with Crippen molar-refractivity contribution < 1.29 is 14.4 Å². The molecule has 0 unspecified atom stereocenters. The minimum atomic E-state index is -0.860. The zero-order valence-electron chi connectivity index (χ0n) is 9.87. The Kier molecular flexibility index (Phi) is 5.50. The predicted octanol–water partition coefficient (Wildman–Crippen LogP) is 0.333. The van der Waals surface area contributed by atoms with E-state index in [2.05, 4.69) is 4.98 Å². The zero-order chi connectivity index (χ0) is 14.1. The van der Waals surface area contributed by atoms with Gasteiger partial charge in [-0.1, -0.05) is 12.5 Å². The molecule has 6 heteroatoms. The highest BCUT2D eigenvalue weighted by Crippen LogP contribution is 1.99. The molecule has 0 fully saturated rings. The van der Waals surface area contributed by atoms with Crippen LogP contribution in [0.1, 0.15) is 5.69 Å². The molecule has 1 radical (unpaired) electrons. The Bertz CT molecular complexity index is 532. The van der Waals surface area contributed by atoms with Gasteiger partial charge < -0.3 is 0 Å². The molecule has 1 rings (SSSR count). The molecular formula is C13H10N3O3. The van der Waals surface area contributed by atoms with Crippen LogP contribution >= 0.6 is 0 Å². The topological polar surface area (TPSA) is 79.4 Å². The van der Waals surface area contributed by atoms with E-state index < -0.39 is 18.5 Å². The van der Waals surface area contributed by atoms with Gasteiger partial charge in [-0.2, -0.15) is 0 Å². The molecule has 0 aliphatic carbocycles. The van der Waals surface area contributed by atoms with Crippen LogP contribution in [-0.2, 0) is 9.59 Å². The molecule has 1 aromatic rings. The minimum absolute atomic E-state index is 0.501. The highest BCUT2D eigenvalue weighted by Gasteiger charge is 2.18. The first-order valence-electron chi connectivity index (χ1n) is 5.20. The van der Waals surface area contributed by atoms with E-state index in [1.807, 2.05) is 11.4 Å². The van der Waals surface area contributed by atoms with Crippen molar-refractivity contribution in [3.63, 3.8) is 0 Å². The molecular weight excluding hydrogens is 246 g/mol. The number of nitrogens with zero attached hydrogens (tertiary/aromatic N) is 2. The average molecular weight is 256 g/mol. The molecule has 1 aromatic heterocycles. The van der Waals surface area contributed by atoms with Gasteiger partial charge in [-0.15, -0.1) is 0 Å². The summed E-state index contributed by atoms with van der Waals surface area (Å²) in [7, 11) is 0. The van der Waals surface area contributed by atoms with Gasteiger partial charge in [0.1, 0.15) is 0 Å². The Morgan fingerprint density at radius 1 is 1.47 bits per heavy atom. The maximum Gasteiger partial charge on any atom is 0.336 e. The molecule has 0 aliphatic rings. The van der Waals surface area contributed by atoms with Crippen LogP contribution in [0.4, 0.5) is 4.79 Å². The van der Waals surface area contributed by atoms with Crippen molar-refractivity contribution in [2.24, 2.45) is 0 Å². The van der Waals surface area contributed by atoms with Gasteiger partial charge in [-0.05, 0) is 18.2 Å². The quantitative estimate of drug-likeness (QED) is 0.478. The summed E-state index contributed by atoms with van der Waals surface area (Å²) in [6, 6.07) is 6.18. The van der Waals surface area contributed by atoms with Crippen molar-refractivity contribution in [3.05, 3.63) is 36.2 Å². The molecule has 3 amide bonds. The van der Waals surface area contributed by atoms with Crippen molar-refractivity contribution in [3.8, 4) is 12.5 Å². The van der Waals surface area contributed by atoms with Crippen LogP contribution in [0.15, 0.2) is 30.5 Å². The summed E-state index contributed by atoms with van der Waals surface area (Å²) < 4.78 is 0. The lowest BCUT2D eigenvalue weighted by atomic mass is 10.3. The van der Waals surface area contributed by atoms with Gasteiger partial charge in [0.05, 0.1) is 12.2 Å². The largest absolute Gasteiger partial charge is 0.336 e. The number of pyridine rings is 1. The number of aromatic nitrogens is 1. The Morgan fingerprint density at radius 2 is 2.26 bits per heavy atom. The summed E-state index contributed by atoms with van der Waals surface area (Å²) >= 11 is 0. The van der Waals surface area contributed by atoms with E-state index in [1.54, 1.807) is 24.4 Å². The second-order valence-corrected chi connectivity index (χ2v) is 3.23. The third-order valence-corrected chi connectivity index (χ3v) is 2.00. The molecule has 0 spiro atoms. The number of terminal acetylenes is 1. The summed E-state index contributed by atoms with van der Waals surface area (Å²) in [6.45, 7) is -0.501. The fourth-order valence-corrected chi connectivity index (χ4v) is 1.16. The van der Waals surface area contributed by atoms with Crippen molar-refractivity contribution in [2.45, 2.75) is 0 Å². The summed E-state index contributed by atoms with van der Waals surface area (Å²) in [5.41, 5.74) is 0.545. The molecule has 0 saturated heterocycles. The fraction of sp³-hybridized carbons (Fsp3) is 0.0769. The molecule has 0 aliphatic heterocycles. The third-order valence-electron chi connectivity index (χ3n) is 2.00. The van der Waals surface area contributed by atoms with Crippen LogP contribution in [0.3, 0.4) is 0 Å². The number of carbonyl (C=O) groups excluding carboxylic acids is 3. The second-order valence-electron chi connectivity index (χ2n) is 3.23. The number of amides is 3. The average Bonchev–Trinajstić information content (AvgIpc) is 2.43. The zero-order valence-corrected chi connectivity index (χ0v) is 9.87. The molecule has 1 heterocycles. The van der Waals surface area contributed by atoms with Crippen molar-refractivity contribution in [1.82, 2.24) is 15.2 Å². The van der Waals surface area contributed by atoms with E-state index in [0.29, 0.717) is 10.6 Å². The number of rotatable bonds is 4. The van der Waals surface area contributed by atoms with E-state index >= 15 is 0 Å². The number of nitrogens with one attached hydrogen (secondary N) is 1. The number of carbonyl (C=O) groups is 2. The lowest BCUT2D eigenvalue weighted by Crippen LogP contribution is -2.42. The Balaban J connectivity index is 2.78. The standard InChI is InChI=1S/C13H10N3O3/c1-2-14-13(19)16(9-10-17)12(18)7-6-11-5-3-4-8-15-11/h1,3-8H,9H2,(H,14,19). The monoisotopic (exact) mass is 256 g/mol. The first kappa shape index (κ1) is 14.1. The van der Waals surface area contributed by atoms with Gasteiger partial charge in [0, 0.05) is 18.3 Å². The molecule has 0 saturated carbocycles. The van der Waals surface area contributed by atoms with Crippen LogP contribution in [0, 0.1) is 12.5 Å². The molecule has 1 N–H and O–H groups in total. The number of urea groups is 1. The van der Waals surface area contributed by atoms with Crippen LogP contribution < -0.4 is 5.32 Å². The normalized spacial score (nSPS) is 9.63. The van der Waals surface area contributed by atoms with Crippen molar-refractivity contribution in [1.29, 1.82) is 0 Å². The maximum atomic E-state index is 11.7. The maximum absolute atomic E-state index is 11.7. The minimum Gasteiger partial charge on any atom is -0.289 e.